The molecule has 1 aliphatic carbocycles. The van der Waals surface area contributed by atoms with E-state index in [0.29, 0.717) is 48.9 Å². The summed E-state index contributed by atoms with van der Waals surface area (Å²) in [6.45, 7) is 0.936. The number of aliphatic hydroxyl groups is 2. The summed E-state index contributed by atoms with van der Waals surface area (Å²) < 4.78 is 22.7. The maximum absolute atomic E-state index is 13.9. The average Bonchev–Trinajstić information content (AvgIpc) is 3.66. The topological polar surface area (TPSA) is 127 Å². The van der Waals surface area contributed by atoms with Gasteiger partial charge >= 0.3 is 0 Å². The van der Waals surface area contributed by atoms with Gasteiger partial charge in [-0.15, -0.1) is 0 Å². The normalized spacial score (nSPS) is 24.8. The first-order chi connectivity index (χ1) is 19.5. The van der Waals surface area contributed by atoms with Crippen molar-refractivity contribution in [2.45, 2.75) is 37.0 Å². The minimum atomic E-state index is -1.09. The molecule has 0 saturated carbocycles. The van der Waals surface area contributed by atoms with Gasteiger partial charge in [-0.1, -0.05) is 18.2 Å². The van der Waals surface area contributed by atoms with Crippen LogP contribution in [0.5, 0.6) is 17.2 Å². The fourth-order valence-electron chi connectivity index (χ4n) is 5.88. The summed E-state index contributed by atoms with van der Waals surface area (Å²) in [5, 5.41) is 23.8. The Morgan fingerprint density at radius 3 is 2.70 bits per heavy atom. The Morgan fingerprint density at radius 2 is 1.98 bits per heavy atom. The van der Waals surface area contributed by atoms with Gasteiger partial charge in [-0.25, -0.2) is 0 Å². The Hall–Kier alpha value is -3.60. The van der Waals surface area contributed by atoms with E-state index in [0.717, 1.165) is 11.1 Å². The number of carbonyl (C=O) groups excluding carboxylic acids is 2. The molecular weight excluding hydrogens is 516 g/mol. The Balaban J connectivity index is 1.52. The Morgan fingerprint density at radius 1 is 1.15 bits per heavy atom. The number of hydrogen-bond acceptors (Lipinski definition) is 8. The van der Waals surface area contributed by atoms with Crippen LogP contribution < -0.4 is 19.5 Å². The van der Waals surface area contributed by atoms with Gasteiger partial charge in [0.1, 0.15) is 29.5 Å². The molecule has 2 heterocycles. The van der Waals surface area contributed by atoms with E-state index in [1.165, 1.54) is 0 Å². The lowest BCUT2D eigenvalue weighted by atomic mass is 9.77. The van der Waals surface area contributed by atoms with Gasteiger partial charge < -0.3 is 39.4 Å². The van der Waals surface area contributed by atoms with Crippen molar-refractivity contribution in [2.75, 3.05) is 47.1 Å². The van der Waals surface area contributed by atoms with Crippen molar-refractivity contribution in [3.63, 3.8) is 0 Å². The quantitative estimate of drug-likeness (QED) is 0.404. The van der Waals surface area contributed by atoms with E-state index < -0.39 is 24.2 Å². The third-order valence-corrected chi connectivity index (χ3v) is 7.91. The number of nitrogens with zero attached hydrogens (tertiary/aromatic N) is 1. The van der Waals surface area contributed by atoms with Crippen LogP contribution in [0.15, 0.2) is 54.1 Å². The third-order valence-electron chi connectivity index (χ3n) is 7.91. The summed E-state index contributed by atoms with van der Waals surface area (Å²) >= 11 is 0. The van der Waals surface area contributed by atoms with Crippen molar-refractivity contribution >= 4 is 11.8 Å². The van der Waals surface area contributed by atoms with E-state index in [1.54, 1.807) is 31.3 Å². The second-order valence-electron chi connectivity index (χ2n) is 10.2. The summed E-state index contributed by atoms with van der Waals surface area (Å²) in [7, 11) is 3.17. The fourth-order valence-corrected chi connectivity index (χ4v) is 5.88. The molecule has 5 unspecified atom stereocenters. The largest absolute Gasteiger partial charge is 0.497 e. The van der Waals surface area contributed by atoms with Crippen molar-refractivity contribution in [1.29, 1.82) is 0 Å². The van der Waals surface area contributed by atoms with Gasteiger partial charge in [-0.3, -0.25) is 9.59 Å². The highest BCUT2D eigenvalue weighted by Gasteiger charge is 2.50. The standard InChI is InChI=1S/C30H36N2O8/c1-37-20-7-8-24(38-2)18(15-20)9-12-32(30(36)19-10-14-39-17-19)23-16-22(29(35)31-11-13-33)26-21-5-3-4-6-25(21)40-28(26)27(23)34/h3-8,15-16,19,23,26-28,33-34H,9-14,17H2,1-2H3,(H,31,35). The summed E-state index contributed by atoms with van der Waals surface area (Å²) in [4.78, 5) is 28.9. The first kappa shape index (κ1) is 27.9. The van der Waals surface area contributed by atoms with Gasteiger partial charge in [-0.2, -0.15) is 0 Å². The summed E-state index contributed by atoms with van der Waals surface area (Å²) in [6, 6.07) is 12.1. The molecule has 2 amide bonds. The zero-order valence-corrected chi connectivity index (χ0v) is 22.7. The Bertz CT molecular complexity index is 1260. The van der Waals surface area contributed by atoms with E-state index in [-0.39, 0.29) is 37.4 Å². The predicted molar refractivity (Wildman–Crippen MR) is 145 cm³/mol. The number of nitrogens with one attached hydrogen (secondary N) is 1. The molecule has 0 spiro atoms. The zero-order chi connectivity index (χ0) is 28.2. The lowest BCUT2D eigenvalue weighted by Crippen LogP contribution is -2.57. The van der Waals surface area contributed by atoms with Crippen molar-refractivity contribution < 1.29 is 38.7 Å². The number of hydrogen-bond donors (Lipinski definition) is 3. The molecule has 5 atom stereocenters. The van der Waals surface area contributed by atoms with Crippen molar-refractivity contribution in [1.82, 2.24) is 10.2 Å². The van der Waals surface area contributed by atoms with Crippen LogP contribution in [-0.2, 0) is 20.7 Å². The van der Waals surface area contributed by atoms with Crippen LogP contribution in [0.25, 0.3) is 0 Å². The van der Waals surface area contributed by atoms with Gasteiger partial charge in [0.2, 0.25) is 11.8 Å². The van der Waals surface area contributed by atoms with Crippen LogP contribution in [0, 0.1) is 5.92 Å². The molecule has 5 rings (SSSR count). The van der Waals surface area contributed by atoms with Crippen molar-refractivity contribution in [3.8, 4) is 17.2 Å². The van der Waals surface area contributed by atoms with Gasteiger partial charge in [0.25, 0.3) is 0 Å². The first-order valence-corrected chi connectivity index (χ1v) is 13.6. The number of para-hydroxylation sites is 1. The number of rotatable bonds is 10. The SMILES string of the molecule is COc1ccc(OC)c(CCN(C(=O)C2CCOC2)C2C=C(C(=O)NCCO)C3c4ccccc4OC3C2O)c1. The first-order valence-electron chi connectivity index (χ1n) is 13.6. The van der Waals surface area contributed by atoms with Crippen molar-refractivity contribution in [2.24, 2.45) is 5.92 Å². The molecule has 3 N–H and O–H groups in total. The average molecular weight is 553 g/mol. The Labute approximate surface area is 233 Å². The van der Waals surface area contributed by atoms with Crippen LogP contribution in [-0.4, -0.2) is 92.3 Å². The van der Waals surface area contributed by atoms with Gasteiger partial charge in [0.05, 0.1) is 45.3 Å². The lowest BCUT2D eigenvalue weighted by Gasteiger charge is -2.41. The van der Waals surface area contributed by atoms with Crippen LogP contribution in [0.1, 0.15) is 23.5 Å². The van der Waals surface area contributed by atoms with Crippen LogP contribution in [0.4, 0.5) is 0 Å². The van der Waals surface area contributed by atoms with Gasteiger partial charge in [-0.05, 0) is 48.7 Å². The fraction of sp³-hybridized carbons (Fsp3) is 0.467. The molecule has 10 heteroatoms. The highest BCUT2D eigenvalue weighted by Crippen LogP contribution is 2.47. The second-order valence-corrected chi connectivity index (χ2v) is 10.2. The van der Waals surface area contributed by atoms with Crippen LogP contribution in [0.2, 0.25) is 0 Å². The minimum Gasteiger partial charge on any atom is -0.497 e. The van der Waals surface area contributed by atoms with E-state index in [9.17, 15) is 19.8 Å². The maximum Gasteiger partial charge on any atom is 0.247 e. The van der Waals surface area contributed by atoms with Crippen LogP contribution >= 0.6 is 0 Å². The monoisotopic (exact) mass is 552 g/mol. The molecule has 10 nitrogen and oxygen atoms in total. The molecule has 2 aromatic carbocycles. The second kappa shape index (κ2) is 12.3. The molecule has 0 aromatic heterocycles. The molecule has 1 fully saturated rings. The van der Waals surface area contributed by atoms with Crippen molar-refractivity contribution in [3.05, 3.63) is 65.2 Å². The van der Waals surface area contributed by atoms with E-state index >= 15 is 0 Å². The summed E-state index contributed by atoms with van der Waals surface area (Å²) in [5.74, 6) is 0.552. The molecule has 1 saturated heterocycles. The number of amides is 2. The number of carbonyl (C=O) groups is 2. The molecule has 2 aromatic rings. The summed E-state index contributed by atoms with van der Waals surface area (Å²) in [5.41, 5.74) is 2.05. The maximum atomic E-state index is 13.9. The summed E-state index contributed by atoms with van der Waals surface area (Å²) in [6.07, 6.45) is 0.856. The third kappa shape index (κ3) is 5.39. The molecular formula is C30H36N2O8. The molecule has 2 aliphatic heterocycles. The number of aliphatic hydroxyl groups excluding tert-OH is 2. The molecule has 0 bridgehead atoms. The molecule has 0 radical (unpaired) electrons. The predicted octanol–water partition coefficient (Wildman–Crippen LogP) is 1.43. The number of ether oxygens (including phenoxy) is 4. The van der Waals surface area contributed by atoms with Gasteiger partial charge in [0, 0.05) is 30.8 Å². The molecule has 214 valence electrons. The van der Waals surface area contributed by atoms with Crippen LogP contribution in [0.3, 0.4) is 0 Å². The number of fused-ring (bicyclic) bond motifs is 3. The smallest absolute Gasteiger partial charge is 0.247 e. The minimum absolute atomic E-state index is 0.0843. The Kier molecular flexibility index (Phi) is 8.58. The molecule has 3 aliphatic rings. The number of methoxy groups -OCH3 is 2. The van der Waals surface area contributed by atoms with E-state index in [2.05, 4.69) is 5.32 Å². The highest BCUT2D eigenvalue weighted by atomic mass is 16.5. The van der Waals surface area contributed by atoms with E-state index in [4.69, 9.17) is 18.9 Å². The molecule has 40 heavy (non-hydrogen) atoms. The van der Waals surface area contributed by atoms with Gasteiger partial charge in [0.15, 0.2) is 0 Å². The highest BCUT2D eigenvalue weighted by molar-refractivity contribution is 5.96. The van der Waals surface area contributed by atoms with E-state index in [1.807, 2.05) is 36.4 Å². The number of benzene rings is 2. The lowest BCUT2D eigenvalue weighted by molar-refractivity contribution is -0.141. The zero-order valence-electron chi connectivity index (χ0n) is 22.7.